The van der Waals surface area contributed by atoms with Gasteiger partial charge in [0.1, 0.15) is 0 Å². The highest BCUT2D eigenvalue weighted by Crippen LogP contribution is 2.23. The molecule has 1 saturated carbocycles. The SMILES string of the molecule is CCN(C(C)=O)[C@@H]1CCCC[C@@H]1NC(=O)[C@@H](N)C(C)C. The van der Waals surface area contributed by atoms with Gasteiger partial charge in [-0.15, -0.1) is 0 Å². The first kappa shape index (κ1) is 17.0. The average Bonchev–Trinajstić information content (AvgIpc) is 2.40. The third kappa shape index (κ3) is 4.20. The van der Waals surface area contributed by atoms with Gasteiger partial charge in [0, 0.05) is 19.5 Å². The van der Waals surface area contributed by atoms with Crippen molar-refractivity contribution >= 4 is 11.8 Å². The van der Waals surface area contributed by atoms with Crippen molar-refractivity contribution in [1.82, 2.24) is 10.2 Å². The lowest BCUT2D eigenvalue weighted by atomic mass is 9.88. The average molecular weight is 283 g/mol. The third-order valence-corrected chi connectivity index (χ3v) is 4.22. The van der Waals surface area contributed by atoms with Crippen LogP contribution in [0.25, 0.3) is 0 Å². The number of nitrogens with one attached hydrogen (secondary N) is 1. The summed E-state index contributed by atoms with van der Waals surface area (Å²) in [7, 11) is 0. The molecule has 3 atom stereocenters. The molecule has 0 spiro atoms. The van der Waals surface area contributed by atoms with Gasteiger partial charge in [-0.25, -0.2) is 0 Å². The van der Waals surface area contributed by atoms with E-state index in [0.29, 0.717) is 6.54 Å². The van der Waals surface area contributed by atoms with Crippen molar-refractivity contribution in [3.8, 4) is 0 Å². The highest BCUT2D eigenvalue weighted by molar-refractivity contribution is 5.82. The van der Waals surface area contributed by atoms with Gasteiger partial charge in [-0.05, 0) is 25.7 Å². The Hall–Kier alpha value is -1.10. The van der Waals surface area contributed by atoms with Crippen molar-refractivity contribution in [3.63, 3.8) is 0 Å². The molecule has 1 fully saturated rings. The van der Waals surface area contributed by atoms with Crippen molar-refractivity contribution in [2.45, 2.75) is 71.5 Å². The van der Waals surface area contributed by atoms with Gasteiger partial charge in [0.05, 0.1) is 12.1 Å². The summed E-state index contributed by atoms with van der Waals surface area (Å²) in [6.45, 7) is 8.14. The second-order valence-electron chi connectivity index (χ2n) is 6.04. The molecule has 1 aliphatic carbocycles. The molecule has 1 aliphatic rings. The topological polar surface area (TPSA) is 75.4 Å². The number of hydrogen-bond acceptors (Lipinski definition) is 3. The fourth-order valence-electron chi connectivity index (χ4n) is 2.93. The van der Waals surface area contributed by atoms with Crippen molar-refractivity contribution in [2.75, 3.05) is 6.54 Å². The minimum Gasteiger partial charge on any atom is -0.350 e. The Labute approximate surface area is 122 Å². The van der Waals surface area contributed by atoms with Gasteiger partial charge in [0.25, 0.3) is 0 Å². The third-order valence-electron chi connectivity index (χ3n) is 4.22. The molecule has 0 aliphatic heterocycles. The molecule has 5 heteroatoms. The Morgan fingerprint density at radius 2 is 1.90 bits per heavy atom. The van der Waals surface area contributed by atoms with E-state index in [1.807, 2.05) is 25.7 Å². The zero-order valence-electron chi connectivity index (χ0n) is 13.2. The second kappa shape index (κ2) is 7.62. The molecule has 0 heterocycles. The van der Waals surface area contributed by atoms with E-state index in [2.05, 4.69) is 5.32 Å². The summed E-state index contributed by atoms with van der Waals surface area (Å²) >= 11 is 0. The van der Waals surface area contributed by atoms with Gasteiger partial charge in [0.15, 0.2) is 0 Å². The van der Waals surface area contributed by atoms with E-state index in [-0.39, 0.29) is 29.8 Å². The number of nitrogens with two attached hydrogens (primary N) is 1. The summed E-state index contributed by atoms with van der Waals surface area (Å²) in [5.41, 5.74) is 5.90. The van der Waals surface area contributed by atoms with E-state index in [4.69, 9.17) is 5.73 Å². The summed E-state index contributed by atoms with van der Waals surface area (Å²) in [6.07, 6.45) is 4.07. The van der Waals surface area contributed by atoms with Gasteiger partial charge >= 0.3 is 0 Å². The number of nitrogens with zero attached hydrogens (tertiary/aromatic N) is 1. The summed E-state index contributed by atoms with van der Waals surface area (Å²) in [4.78, 5) is 25.7. The van der Waals surface area contributed by atoms with Gasteiger partial charge in [0.2, 0.25) is 11.8 Å². The minimum absolute atomic E-state index is 0.0323. The first-order valence-electron chi connectivity index (χ1n) is 7.71. The maximum atomic E-state index is 12.1. The van der Waals surface area contributed by atoms with E-state index in [1.54, 1.807) is 6.92 Å². The summed E-state index contributed by atoms with van der Waals surface area (Å²) in [5.74, 6) is 0.0930. The first-order chi connectivity index (χ1) is 9.38. The number of likely N-dealkylation sites (N-methyl/N-ethyl adjacent to an activating group) is 1. The van der Waals surface area contributed by atoms with Crippen molar-refractivity contribution in [1.29, 1.82) is 0 Å². The molecule has 1 rings (SSSR count). The Bertz CT molecular complexity index is 344. The molecule has 0 radical (unpaired) electrons. The molecule has 0 bridgehead atoms. The number of hydrogen-bond donors (Lipinski definition) is 2. The summed E-state index contributed by atoms with van der Waals surface area (Å²) < 4.78 is 0. The molecule has 5 nitrogen and oxygen atoms in total. The Kier molecular flexibility index (Phi) is 6.46. The van der Waals surface area contributed by atoms with Crippen LogP contribution in [0.5, 0.6) is 0 Å². The predicted octanol–water partition coefficient (Wildman–Crippen LogP) is 1.27. The monoisotopic (exact) mass is 283 g/mol. The van der Waals surface area contributed by atoms with Crippen LogP contribution in [0.4, 0.5) is 0 Å². The molecule has 116 valence electrons. The van der Waals surface area contributed by atoms with E-state index in [9.17, 15) is 9.59 Å². The zero-order valence-corrected chi connectivity index (χ0v) is 13.2. The van der Waals surface area contributed by atoms with Crippen LogP contribution in [0.1, 0.15) is 53.4 Å². The lowest BCUT2D eigenvalue weighted by molar-refractivity contribution is -0.134. The highest BCUT2D eigenvalue weighted by atomic mass is 16.2. The lowest BCUT2D eigenvalue weighted by Crippen LogP contribution is -2.57. The molecular formula is C15H29N3O2. The smallest absolute Gasteiger partial charge is 0.237 e. The van der Waals surface area contributed by atoms with Crippen molar-refractivity contribution in [2.24, 2.45) is 11.7 Å². The van der Waals surface area contributed by atoms with E-state index < -0.39 is 6.04 Å². The molecule has 20 heavy (non-hydrogen) atoms. The quantitative estimate of drug-likeness (QED) is 0.797. The molecule has 2 amide bonds. The second-order valence-corrected chi connectivity index (χ2v) is 6.04. The largest absolute Gasteiger partial charge is 0.350 e. The van der Waals surface area contributed by atoms with Crippen LogP contribution < -0.4 is 11.1 Å². The Morgan fingerprint density at radius 3 is 2.40 bits per heavy atom. The number of rotatable bonds is 5. The molecule has 0 aromatic rings. The van der Waals surface area contributed by atoms with Crippen LogP contribution in [0.3, 0.4) is 0 Å². The van der Waals surface area contributed by atoms with Crippen LogP contribution in [0, 0.1) is 5.92 Å². The van der Waals surface area contributed by atoms with Crippen LogP contribution in [-0.4, -0.2) is 41.4 Å². The fourth-order valence-corrected chi connectivity index (χ4v) is 2.93. The van der Waals surface area contributed by atoms with E-state index in [1.165, 1.54) is 0 Å². The first-order valence-corrected chi connectivity index (χ1v) is 7.71. The van der Waals surface area contributed by atoms with Gasteiger partial charge in [-0.2, -0.15) is 0 Å². The van der Waals surface area contributed by atoms with Gasteiger partial charge in [-0.3, -0.25) is 9.59 Å². The van der Waals surface area contributed by atoms with Crippen molar-refractivity contribution in [3.05, 3.63) is 0 Å². The minimum atomic E-state index is -0.481. The van der Waals surface area contributed by atoms with Crippen LogP contribution >= 0.6 is 0 Å². The maximum absolute atomic E-state index is 12.1. The normalized spacial score (nSPS) is 24.3. The van der Waals surface area contributed by atoms with Crippen LogP contribution in [0.15, 0.2) is 0 Å². The Morgan fingerprint density at radius 1 is 1.30 bits per heavy atom. The van der Waals surface area contributed by atoms with Gasteiger partial charge in [-0.1, -0.05) is 26.7 Å². The summed E-state index contributed by atoms with van der Waals surface area (Å²) in [6, 6.07) is -0.343. The summed E-state index contributed by atoms with van der Waals surface area (Å²) in [5, 5.41) is 3.06. The van der Waals surface area contributed by atoms with E-state index in [0.717, 1.165) is 25.7 Å². The fraction of sp³-hybridized carbons (Fsp3) is 0.867. The van der Waals surface area contributed by atoms with E-state index >= 15 is 0 Å². The van der Waals surface area contributed by atoms with Crippen LogP contribution in [-0.2, 0) is 9.59 Å². The zero-order chi connectivity index (χ0) is 15.3. The van der Waals surface area contributed by atoms with Gasteiger partial charge < -0.3 is 16.0 Å². The standard InChI is InChI=1S/C15H29N3O2/c1-5-18(11(4)19)13-9-7-6-8-12(13)17-15(20)14(16)10(2)3/h10,12-14H,5-9,16H2,1-4H3,(H,17,20)/t12-,13+,14-/m0/s1. The van der Waals surface area contributed by atoms with Crippen molar-refractivity contribution < 1.29 is 9.59 Å². The number of amides is 2. The predicted molar refractivity (Wildman–Crippen MR) is 80.1 cm³/mol. The maximum Gasteiger partial charge on any atom is 0.237 e. The molecule has 0 aromatic carbocycles. The molecule has 3 N–H and O–H groups in total. The number of carbonyl (C=O) groups excluding carboxylic acids is 2. The van der Waals surface area contributed by atoms with Crippen LogP contribution in [0.2, 0.25) is 0 Å². The number of carbonyl (C=O) groups is 2. The molecular weight excluding hydrogens is 254 g/mol. The molecule has 0 saturated heterocycles. The molecule has 0 unspecified atom stereocenters. The highest BCUT2D eigenvalue weighted by Gasteiger charge is 2.33. The molecule has 0 aromatic heterocycles. The lowest BCUT2D eigenvalue weighted by Gasteiger charge is -2.40. The Balaban J connectivity index is 2.74.